The first-order valence-corrected chi connectivity index (χ1v) is 5.09. The van der Waals surface area contributed by atoms with E-state index in [2.05, 4.69) is 10.0 Å². The van der Waals surface area contributed by atoms with Crippen molar-refractivity contribution in [1.29, 1.82) is 0 Å². The van der Waals surface area contributed by atoms with Crippen molar-refractivity contribution in [3.8, 4) is 0 Å². The second kappa shape index (κ2) is 6.22. The third-order valence-electron chi connectivity index (χ3n) is 2.18. The van der Waals surface area contributed by atoms with Crippen LogP contribution in [0.1, 0.15) is 22.0 Å². The van der Waals surface area contributed by atoms with Gasteiger partial charge >= 0.3 is 0 Å². The van der Waals surface area contributed by atoms with Gasteiger partial charge in [-0.25, -0.2) is 0 Å². The zero-order valence-corrected chi connectivity index (χ0v) is 9.45. The summed E-state index contributed by atoms with van der Waals surface area (Å²) in [6.07, 6.45) is -1.89. The van der Waals surface area contributed by atoms with Crippen LogP contribution < -0.4 is 0 Å². The number of rotatable bonds is 5. The Hall–Kier alpha value is -1.59. The Morgan fingerprint density at radius 3 is 2.76 bits per heavy atom. The Kier molecular flexibility index (Phi) is 4.93. The van der Waals surface area contributed by atoms with Gasteiger partial charge in [-0.05, 0) is 11.6 Å². The molecule has 0 amide bonds. The zero-order chi connectivity index (χ0) is 12.8. The van der Waals surface area contributed by atoms with E-state index < -0.39 is 12.2 Å². The molecule has 0 aliphatic rings. The van der Waals surface area contributed by atoms with Crippen LogP contribution in [0, 0.1) is 0 Å². The highest BCUT2D eigenvalue weighted by molar-refractivity contribution is 6.31. The molecule has 1 aromatic rings. The first-order chi connectivity index (χ1) is 8.10. The topological polar surface area (TPSA) is 106 Å². The van der Waals surface area contributed by atoms with Crippen LogP contribution in [-0.4, -0.2) is 29.1 Å². The molecule has 1 aromatic carbocycles. The van der Waals surface area contributed by atoms with Gasteiger partial charge in [-0.3, -0.25) is 4.79 Å². The Balaban J connectivity index is 2.91. The number of nitrogens with zero attached hydrogens (tertiary/aromatic N) is 3. The zero-order valence-electron chi connectivity index (χ0n) is 8.69. The number of aliphatic hydroxyl groups excluding tert-OH is 2. The molecule has 0 heterocycles. The van der Waals surface area contributed by atoms with E-state index in [9.17, 15) is 15.0 Å². The first kappa shape index (κ1) is 13.5. The predicted molar refractivity (Wildman–Crippen MR) is 61.8 cm³/mol. The summed E-state index contributed by atoms with van der Waals surface area (Å²) in [5, 5.41) is 22.6. The first-order valence-electron chi connectivity index (χ1n) is 4.71. The lowest BCUT2D eigenvalue weighted by atomic mass is 10.0. The third kappa shape index (κ3) is 3.44. The number of hydrogen-bond donors (Lipinski definition) is 2. The van der Waals surface area contributed by atoms with Gasteiger partial charge in [0, 0.05) is 21.1 Å². The average Bonchev–Trinajstić information content (AvgIpc) is 2.34. The van der Waals surface area contributed by atoms with Gasteiger partial charge in [-0.1, -0.05) is 28.8 Å². The number of aliphatic hydroxyl groups is 2. The molecule has 2 N–H and O–H groups in total. The lowest BCUT2D eigenvalue weighted by molar-refractivity contribution is 0.0244. The Labute approximate surface area is 102 Å². The van der Waals surface area contributed by atoms with Gasteiger partial charge in [0.2, 0.25) is 0 Å². The van der Waals surface area contributed by atoms with Gasteiger partial charge in [0.05, 0.1) is 12.6 Å². The van der Waals surface area contributed by atoms with Crippen LogP contribution >= 0.6 is 11.6 Å². The Morgan fingerprint density at radius 1 is 1.53 bits per heavy atom. The standard InChI is InChI=1S/C10H10ClN3O3/c11-8-3-6(5-15)1-2-7(8)10(17)9(16)4-13-14-12/h1-3,5,9-10,16-17H,4H2. The molecule has 0 saturated carbocycles. The Morgan fingerprint density at radius 2 is 2.24 bits per heavy atom. The minimum Gasteiger partial charge on any atom is -0.390 e. The second-order valence-corrected chi connectivity index (χ2v) is 3.73. The Bertz CT molecular complexity index is 460. The van der Waals surface area contributed by atoms with Gasteiger partial charge in [-0.15, -0.1) is 0 Å². The highest BCUT2D eigenvalue weighted by Gasteiger charge is 2.20. The maximum Gasteiger partial charge on any atom is 0.150 e. The van der Waals surface area contributed by atoms with Crippen LogP contribution in [-0.2, 0) is 0 Å². The van der Waals surface area contributed by atoms with Crippen molar-refractivity contribution in [2.75, 3.05) is 6.54 Å². The minimum atomic E-state index is -1.27. The van der Waals surface area contributed by atoms with Gasteiger partial charge < -0.3 is 10.2 Å². The fraction of sp³-hybridized carbons (Fsp3) is 0.300. The lowest BCUT2D eigenvalue weighted by Gasteiger charge is -2.17. The van der Waals surface area contributed by atoms with E-state index in [1.165, 1.54) is 18.2 Å². The SMILES string of the molecule is [N-]=[N+]=NCC(O)C(O)c1ccc(C=O)cc1Cl. The van der Waals surface area contributed by atoms with Crippen LogP contribution in [0.3, 0.4) is 0 Å². The van der Waals surface area contributed by atoms with E-state index in [4.69, 9.17) is 17.1 Å². The molecule has 0 aliphatic carbocycles. The van der Waals surface area contributed by atoms with E-state index in [0.29, 0.717) is 11.8 Å². The molecule has 2 atom stereocenters. The molecule has 0 aliphatic heterocycles. The monoisotopic (exact) mass is 255 g/mol. The van der Waals surface area contributed by atoms with E-state index in [1.54, 1.807) is 0 Å². The fourth-order valence-electron chi connectivity index (χ4n) is 1.28. The molecule has 0 aromatic heterocycles. The molecular weight excluding hydrogens is 246 g/mol. The fourth-order valence-corrected chi connectivity index (χ4v) is 1.58. The molecule has 17 heavy (non-hydrogen) atoms. The smallest absolute Gasteiger partial charge is 0.150 e. The highest BCUT2D eigenvalue weighted by Crippen LogP contribution is 2.26. The summed E-state index contributed by atoms with van der Waals surface area (Å²) in [7, 11) is 0. The van der Waals surface area contributed by atoms with Crippen molar-refractivity contribution in [1.82, 2.24) is 0 Å². The van der Waals surface area contributed by atoms with Crippen molar-refractivity contribution < 1.29 is 15.0 Å². The molecule has 0 fully saturated rings. The second-order valence-electron chi connectivity index (χ2n) is 3.32. The van der Waals surface area contributed by atoms with E-state index in [-0.39, 0.29) is 17.1 Å². The third-order valence-corrected chi connectivity index (χ3v) is 2.50. The predicted octanol–water partition coefficient (Wildman–Crippen LogP) is 1.86. The van der Waals surface area contributed by atoms with E-state index >= 15 is 0 Å². The van der Waals surface area contributed by atoms with Gasteiger partial charge in [0.15, 0.2) is 0 Å². The molecule has 0 spiro atoms. The van der Waals surface area contributed by atoms with Crippen molar-refractivity contribution in [3.05, 3.63) is 44.8 Å². The average molecular weight is 256 g/mol. The molecular formula is C10H10ClN3O3. The van der Waals surface area contributed by atoms with E-state index in [0.717, 1.165) is 0 Å². The largest absolute Gasteiger partial charge is 0.390 e. The highest BCUT2D eigenvalue weighted by atomic mass is 35.5. The van der Waals surface area contributed by atoms with Crippen LogP contribution in [0.4, 0.5) is 0 Å². The quantitative estimate of drug-likeness (QED) is 0.363. The van der Waals surface area contributed by atoms with E-state index in [1.807, 2.05) is 0 Å². The van der Waals surface area contributed by atoms with Crippen LogP contribution in [0.2, 0.25) is 5.02 Å². The number of azide groups is 1. The molecule has 0 saturated heterocycles. The molecule has 90 valence electrons. The minimum absolute atomic E-state index is 0.169. The van der Waals surface area contributed by atoms with Crippen molar-refractivity contribution in [3.63, 3.8) is 0 Å². The number of aldehydes is 1. The summed E-state index contributed by atoms with van der Waals surface area (Å²) in [6, 6.07) is 4.29. The van der Waals surface area contributed by atoms with Crippen LogP contribution in [0.5, 0.6) is 0 Å². The maximum absolute atomic E-state index is 10.5. The van der Waals surface area contributed by atoms with Crippen molar-refractivity contribution in [2.24, 2.45) is 5.11 Å². The number of carbonyl (C=O) groups excluding carboxylic acids is 1. The maximum atomic E-state index is 10.5. The van der Waals surface area contributed by atoms with Crippen molar-refractivity contribution in [2.45, 2.75) is 12.2 Å². The summed E-state index contributed by atoms with van der Waals surface area (Å²) in [6.45, 7) is -0.260. The molecule has 1 rings (SSSR count). The molecule has 2 unspecified atom stereocenters. The normalized spacial score (nSPS) is 13.6. The van der Waals surface area contributed by atoms with Gasteiger partial charge in [-0.2, -0.15) is 0 Å². The van der Waals surface area contributed by atoms with Crippen molar-refractivity contribution >= 4 is 17.9 Å². The summed E-state index contributed by atoms with van der Waals surface area (Å²) in [5.41, 5.74) is 8.74. The van der Waals surface area contributed by atoms with Crippen LogP contribution in [0.15, 0.2) is 23.3 Å². The number of hydrogen-bond acceptors (Lipinski definition) is 4. The summed E-state index contributed by atoms with van der Waals surface area (Å²) in [4.78, 5) is 13.0. The number of benzene rings is 1. The summed E-state index contributed by atoms with van der Waals surface area (Å²) >= 11 is 5.85. The van der Waals surface area contributed by atoms with Gasteiger partial charge in [0.1, 0.15) is 12.4 Å². The molecule has 7 heteroatoms. The van der Waals surface area contributed by atoms with Gasteiger partial charge in [0.25, 0.3) is 0 Å². The van der Waals surface area contributed by atoms with Crippen LogP contribution in [0.25, 0.3) is 10.4 Å². The summed E-state index contributed by atoms with van der Waals surface area (Å²) in [5.74, 6) is 0. The number of carbonyl (C=O) groups is 1. The lowest BCUT2D eigenvalue weighted by Crippen LogP contribution is -2.21. The molecule has 0 radical (unpaired) electrons. The number of halogens is 1. The molecule has 6 nitrogen and oxygen atoms in total. The summed E-state index contributed by atoms with van der Waals surface area (Å²) < 4.78 is 0. The molecule has 0 bridgehead atoms.